The van der Waals surface area contributed by atoms with Crippen LogP contribution in [0.4, 0.5) is 22.7 Å². The van der Waals surface area contributed by atoms with E-state index in [-0.39, 0.29) is 12.1 Å². The quantitative estimate of drug-likeness (QED) is 0.472. The van der Waals surface area contributed by atoms with Gasteiger partial charge in [-0.2, -0.15) is 15.0 Å². The van der Waals surface area contributed by atoms with E-state index in [0.29, 0.717) is 17.5 Å². The summed E-state index contributed by atoms with van der Waals surface area (Å²) in [7, 11) is 0. The minimum atomic E-state index is 0.181. The summed E-state index contributed by atoms with van der Waals surface area (Å²) < 4.78 is 6.44. The Bertz CT molecular complexity index is 901. The Labute approximate surface area is 170 Å². The molecule has 0 amide bonds. The van der Waals surface area contributed by atoms with E-state index in [4.69, 9.17) is 10.5 Å². The van der Waals surface area contributed by atoms with Gasteiger partial charge in [-0.15, -0.1) is 10.2 Å². The predicted octanol–water partition coefficient (Wildman–Crippen LogP) is 2.93. The monoisotopic (exact) mass is 416 g/mol. The van der Waals surface area contributed by atoms with Crippen molar-refractivity contribution in [3.63, 3.8) is 0 Å². The molecule has 3 heterocycles. The van der Waals surface area contributed by atoms with Gasteiger partial charge >= 0.3 is 0 Å². The van der Waals surface area contributed by atoms with Crippen LogP contribution in [0, 0.1) is 0 Å². The van der Waals surface area contributed by atoms with E-state index in [1.54, 1.807) is 0 Å². The maximum atomic E-state index is 5.83. The molecule has 0 radical (unpaired) electrons. The molecule has 1 fully saturated rings. The van der Waals surface area contributed by atoms with Crippen LogP contribution in [0.3, 0.4) is 0 Å². The van der Waals surface area contributed by atoms with Crippen molar-refractivity contribution in [2.75, 3.05) is 29.5 Å². The average Bonchev–Trinajstić information content (AvgIpc) is 3.37. The van der Waals surface area contributed by atoms with Gasteiger partial charge in [0.25, 0.3) is 0 Å². The Morgan fingerprint density at radius 2 is 2.07 bits per heavy atom. The summed E-state index contributed by atoms with van der Waals surface area (Å²) >= 11 is 3.02. The van der Waals surface area contributed by atoms with Crippen molar-refractivity contribution in [1.29, 1.82) is 0 Å². The van der Waals surface area contributed by atoms with Crippen molar-refractivity contribution in [2.45, 2.75) is 29.0 Å². The second-order valence-electron chi connectivity index (χ2n) is 6.10. The Kier molecular flexibility index (Phi) is 6.14. The van der Waals surface area contributed by atoms with Gasteiger partial charge < -0.3 is 21.1 Å². The van der Waals surface area contributed by atoms with Crippen molar-refractivity contribution < 1.29 is 4.74 Å². The Balaban J connectivity index is 1.33. The summed E-state index contributed by atoms with van der Waals surface area (Å²) in [6.45, 7) is 1.61. The molecular weight excluding hydrogens is 396 g/mol. The summed E-state index contributed by atoms with van der Waals surface area (Å²) in [4.78, 5) is 12.8. The second-order valence-corrected chi connectivity index (χ2v) is 8.30. The first-order chi connectivity index (χ1) is 13.7. The third-order valence-corrected chi connectivity index (χ3v) is 5.98. The van der Waals surface area contributed by atoms with Gasteiger partial charge in [-0.1, -0.05) is 41.3 Å². The van der Waals surface area contributed by atoms with E-state index in [9.17, 15) is 0 Å². The van der Waals surface area contributed by atoms with Gasteiger partial charge in [0.15, 0.2) is 4.34 Å². The van der Waals surface area contributed by atoms with Crippen molar-refractivity contribution in [1.82, 2.24) is 25.1 Å². The SMILES string of the molecule is Nc1nc(CSc2nnc(NCC3CCCO3)s2)nc(Nc2ccccc2)n1. The van der Waals surface area contributed by atoms with Gasteiger partial charge in [-0.3, -0.25) is 0 Å². The molecule has 1 aliphatic rings. The zero-order valence-corrected chi connectivity index (χ0v) is 16.7. The molecule has 9 nitrogen and oxygen atoms in total. The van der Waals surface area contributed by atoms with Crippen molar-refractivity contribution >= 4 is 45.8 Å². The first-order valence-corrected chi connectivity index (χ1v) is 10.7. The smallest absolute Gasteiger partial charge is 0.232 e. The van der Waals surface area contributed by atoms with Gasteiger partial charge in [-0.05, 0) is 25.0 Å². The molecule has 28 heavy (non-hydrogen) atoms. The summed E-state index contributed by atoms with van der Waals surface area (Å²) in [6.07, 6.45) is 2.48. The third-order valence-electron chi connectivity index (χ3n) is 3.97. The lowest BCUT2D eigenvalue weighted by atomic mass is 10.2. The molecule has 146 valence electrons. The minimum Gasteiger partial charge on any atom is -0.376 e. The number of ether oxygens (including phenoxy) is 1. The number of hydrogen-bond acceptors (Lipinski definition) is 11. The van der Waals surface area contributed by atoms with E-state index >= 15 is 0 Å². The lowest BCUT2D eigenvalue weighted by Crippen LogP contribution is -2.18. The topological polar surface area (TPSA) is 124 Å². The maximum absolute atomic E-state index is 5.83. The second kappa shape index (κ2) is 9.13. The summed E-state index contributed by atoms with van der Waals surface area (Å²) in [6, 6.07) is 9.68. The van der Waals surface area contributed by atoms with Gasteiger partial charge in [0.2, 0.25) is 17.0 Å². The number of nitrogens with zero attached hydrogens (tertiary/aromatic N) is 5. The number of anilines is 4. The highest BCUT2D eigenvalue weighted by atomic mass is 32.2. The van der Waals surface area contributed by atoms with Crippen molar-refractivity contribution in [3.05, 3.63) is 36.2 Å². The standard InChI is InChI=1S/C17H20N8OS2/c18-14-21-13(22-15(23-14)20-11-5-2-1-3-6-11)10-27-17-25-24-16(28-17)19-9-12-7-4-8-26-12/h1-3,5-6,12H,4,7-10H2,(H,19,24)(H3,18,20,21,22,23). The van der Waals surface area contributed by atoms with E-state index in [2.05, 4.69) is 35.8 Å². The molecule has 4 N–H and O–H groups in total. The third kappa shape index (κ3) is 5.27. The highest BCUT2D eigenvalue weighted by molar-refractivity contribution is 8.00. The van der Waals surface area contributed by atoms with Crippen molar-refractivity contribution in [3.8, 4) is 0 Å². The molecular formula is C17H20N8OS2. The highest BCUT2D eigenvalue weighted by Gasteiger charge is 2.16. The number of nitrogen functional groups attached to an aromatic ring is 1. The summed E-state index contributed by atoms with van der Waals surface area (Å²) in [5.41, 5.74) is 6.71. The van der Waals surface area contributed by atoms with Crippen LogP contribution in [0.2, 0.25) is 0 Å². The Morgan fingerprint density at radius 3 is 2.89 bits per heavy atom. The number of nitrogens with two attached hydrogens (primary N) is 1. The van der Waals surface area contributed by atoms with Gasteiger partial charge in [0.05, 0.1) is 11.9 Å². The van der Waals surface area contributed by atoms with Crippen LogP contribution in [-0.2, 0) is 10.5 Å². The molecule has 11 heteroatoms. The Morgan fingerprint density at radius 1 is 1.18 bits per heavy atom. The van der Waals surface area contributed by atoms with Crippen LogP contribution >= 0.6 is 23.1 Å². The fourth-order valence-electron chi connectivity index (χ4n) is 2.68. The van der Waals surface area contributed by atoms with E-state index in [0.717, 1.165) is 41.2 Å². The molecule has 1 aromatic carbocycles. The number of hydrogen-bond donors (Lipinski definition) is 3. The molecule has 4 rings (SSSR count). The summed E-state index contributed by atoms with van der Waals surface area (Å²) in [5, 5.41) is 15.6. The molecule has 1 saturated heterocycles. The number of rotatable bonds is 8. The number of benzene rings is 1. The average molecular weight is 417 g/mol. The van der Waals surface area contributed by atoms with Crippen LogP contribution < -0.4 is 16.4 Å². The molecule has 0 spiro atoms. The van der Waals surface area contributed by atoms with Crippen LogP contribution in [-0.4, -0.2) is 44.4 Å². The van der Waals surface area contributed by atoms with Crippen LogP contribution in [0.1, 0.15) is 18.7 Å². The molecule has 1 unspecified atom stereocenters. The van der Waals surface area contributed by atoms with Gasteiger partial charge in [0.1, 0.15) is 5.82 Å². The fourth-order valence-corrected chi connectivity index (χ4v) is 4.30. The van der Waals surface area contributed by atoms with E-state index < -0.39 is 0 Å². The molecule has 3 aromatic rings. The molecule has 1 aliphatic heterocycles. The number of nitrogens with one attached hydrogen (secondary N) is 2. The molecule has 0 saturated carbocycles. The number of para-hydroxylation sites is 1. The van der Waals surface area contributed by atoms with E-state index in [1.807, 2.05) is 30.3 Å². The first-order valence-electron chi connectivity index (χ1n) is 8.89. The predicted molar refractivity (Wildman–Crippen MR) is 111 cm³/mol. The molecule has 2 aromatic heterocycles. The first kappa shape index (κ1) is 18.8. The van der Waals surface area contributed by atoms with E-state index in [1.165, 1.54) is 23.1 Å². The largest absolute Gasteiger partial charge is 0.376 e. The Hall–Kier alpha value is -2.50. The fraction of sp³-hybridized carbons (Fsp3) is 0.353. The maximum Gasteiger partial charge on any atom is 0.232 e. The number of aromatic nitrogens is 5. The van der Waals surface area contributed by atoms with Crippen LogP contribution in [0.15, 0.2) is 34.7 Å². The number of thioether (sulfide) groups is 1. The normalized spacial score (nSPS) is 16.2. The summed E-state index contributed by atoms with van der Waals surface area (Å²) in [5.74, 6) is 1.71. The van der Waals surface area contributed by atoms with Crippen LogP contribution in [0.5, 0.6) is 0 Å². The van der Waals surface area contributed by atoms with Crippen molar-refractivity contribution in [2.24, 2.45) is 0 Å². The molecule has 1 atom stereocenters. The lowest BCUT2D eigenvalue weighted by molar-refractivity contribution is 0.120. The minimum absolute atomic E-state index is 0.181. The van der Waals surface area contributed by atoms with Gasteiger partial charge in [-0.25, -0.2) is 0 Å². The molecule has 0 aliphatic carbocycles. The molecule has 0 bridgehead atoms. The highest BCUT2D eigenvalue weighted by Crippen LogP contribution is 2.28. The zero-order chi connectivity index (χ0) is 19.2. The van der Waals surface area contributed by atoms with Crippen LogP contribution in [0.25, 0.3) is 0 Å². The van der Waals surface area contributed by atoms with Gasteiger partial charge in [0, 0.05) is 18.8 Å². The lowest BCUT2D eigenvalue weighted by Gasteiger charge is -2.08. The zero-order valence-electron chi connectivity index (χ0n) is 15.0.